The minimum atomic E-state index is 0.285. The number of hydrogen-bond acceptors (Lipinski definition) is 3. The van der Waals surface area contributed by atoms with Crippen molar-refractivity contribution < 1.29 is 0 Å². The van der Waals surface area contributed by atoms with Crippen molar-refractivity contribution in [1.29, 1.82) is 0 Å². The number of rotatable bonds is 6. The van der Waals surface area contributed by atoms with E-state index in [9.17, 15) is 0 Å². The predicted octanol–water partition coefficient (Wildman–Crippen LogP) is 4.81. The summed E-state index contributed by atoms with van der Waals surface area (Å²) in [7, 11) is 0. The summed E-state index contributed by atoms with van der Waals surface area (Å²) in [5, 5.41) is 3.68. The van der Waals surface area contributed by atoms with Crippen molar-refractivity contribution in [3.63, 3.8) is 0 Å². The normalized spacial score (nSPS) is 16.7. The quantitative estimate of drug-likeness (QED) is 0.828. The van der Waals surface area contributed by atoms with Gasteiger partial charge in [0.25, 0.3) is 0 Å². The SMILES string of the molecule is CCCNC(c1ccc(C2CCC2)cc1)c1scnc1C. The molecule has 112 valence electrons. The molecule has 1 unspecified atom stereocenters. The molecular formula is C18H24N2S. The summed E-state index contributed by atoms with van der Waals surface area (Å²) in [6, 6.07) is 9.56. The minimum absolute atomic E-state index is 0.285. The second-order valence-electron chi connectivity index (χ2n) is 5.98. The molecular weight excluding hydrogens is 276 g/mol. The Labute approximate surface area is 131 Å². The first kappa shape index (κ1) is 14.7. The van der Waals surface area contributed by atoms with Crippen LogP contribution in [0.5, 0.6) is 0 Å². The van der Waals surface area contributed by atoms with Crippen LogP contribution in [0.2, 0.25) is 0 Å². The van der Waals surface area contributed by atoms with Gasteiger partial charge >= 0.3 is 0 Å². The number of benzene rings is 1. The zero-order valence-corrected chi connectivity index (χ0v) is 13.7. The number of nitrogens with one attached hydrogen (secondary N) is 1. The van der Waals surface area contributed by atoms with Crippen molar-refractivity contribution in [3.05, 3.63) is 51.5 Å². The molecule has 1 N–H and O–H groups in total. The van der Waals surface area contributed by atoms with E-state index in [1.165, 1.54) is 35.3 Å². The highest BCUT2D eigenvalue weighted by Crippen LogP contribution is 2.37. The maximum absolute atomic E-state index is 4.42. The van der Waals surface area contributed by atoms with Gasteiger partial charge in [-0.25, -0.2) is 4.98 Å². The van der Waals surface area contributed by atoms with Crippen LogP contribution in [-0.2, 0) is 0 Å². The predicted molar refractivity (Wildman–Crippen MR) is 90.0 cm³/mol. The van der Waals surface area contributed by atoms with Gasteiger partial charge < -0.3 is 5.32 Å². The van der Waals surface area contributed by atoms with Crippen LogP contribution in [0, 0.1) is 6.92 Å². The van der Waals surface area contributed by atoms with Gasteiger partial charge in [-0.1, -0.05) is 37.6 Å². The molecule has 0 bridgehead atoms. The average Bonchev–Trinajstić information content (AvgIpc) is 2.85. The molecule has 21 heavy (non-hydrogen) atoms. The molecule has 1 heterocycles. The summed E-state index contributed by atoms with van der Waals surface area (Å²) in [5.41, 5.74) is 5.98. The lowest BCUT2D eigenvalue weighted by Crippen LogP contribution is -2.23. The number of aromatic nitrogens is 1. The number of thiazole rings is 1. The molecule has 0 aliphatic heterocycles. The Morgan fingerprint density at radius 1 is 1.29 bits per heavy atom. The van der Waals surface area contributed by atoms with Crippen LogP contribution in [0.1, 0.15) is 66.3 Å². The van der Waals surface area contributed by atoms with E-state index < -0.39 is 0 Å². The molecule has 3 rings (SSSR count). The molecule has 0 spiro atoms. The largest absolute Gasteiger partial charge is 0.306 e. The first-order valence-corrected chi connectivity index (χ1v) is 8.90. The standard InChI is InChI=1S/C18H24N2S/c1-3-11-19-17(18-13(2)20-12-21-18)16-9-7-15(8-10-16)14-5-4-6-14/h7-10,12,14,17,19H,3-6,11H2,1-2H3. The van der Waals surface area contributed by atoms with Crippen molar-refractivity contribution in [2.75, 3.05) is 6.54 Å². The lowest BCUT2D eigenvalue weighted by atomic mass is 9.80. The van der Waals surface area contributed by atoms with Crippen molar-refractivity contribution in [2.45, 2.75) is 51.5 Å². The summed E-state index contributed by atoms with van der Waals surface area (Å²) in [6.45, 7) is 5.35. The summed E-state index contributed by atoms with van der Waals surface area (Å²) in [5.74, 6) is 0.811. The van der Waals surface area contributed by atoms with Crippen LogP contribution < -0.4 is 5.32 Å². The monoisotopic (exact) mass is 300 g/mol. The molecule has 1 aromatic carbocycles. The highest BCUT2D eigenvalue weighted by atomic mass is 32.1. The molecule has 3 heteroatoms. The van der Waals surface area contributed by atoms with Crippen molar-refractivity contribution in [3.8, 4) is 0 Å². The van der Waals surface area contributed by atoms with Gasteiger partial charge in [-0.3, -0.25) is 0 Å². The zero-order valence-electron chi connectivity index (χ0n) is 12.9. The zero-order chi connectivity index (χ0) is 14.7. The molecule has 1 atom stereocenters. The smallest absolute Gasteiger partial charge is 0.0798 e. The average molecular weight is 300 g/mol. The fraction of sp³-hybridized carbons (Fsp3) is 0.500. The van der Waals surface area contributed by atoms with Gasteiger partial charge in [0.2, 0.25) is 0 Å². The fourth-order valence-corrected chi connectivity index (χ4v) is 3.84. The van der Waals surface area contributed by atoms with Crippen molar-refractivity contribution in [2.24, 2.45) is 0 Å². The Bertz CT molecular complexity index is 569. The Morgan fingerprint density at radius 3 is 2.57 bits per heavy atom. The first-order valence-electron chi connectivity index (χ1n) is 8.02. The summed E-state index contributed by atoms with van der Waals surface area (Å²) in [4.78, 5) is 5.76. The highest BCUT2D eigenvalue weighted by molar-refractivity contribution is 7.09. The van der Waals surface area contributed by atoms with Gasteiger partial charge in [-0.2, -0.15) is 0 Å². The Hall–Kier alpha value is -1.19. The van der Waals surface area contributed by atoms with Gasteiger partial charge in [-0.05, 0) is 49.8 Å². The number of hydrogen-bond donors (Lipinski definition) is 1. The fourth-order valence-electron chi connectivity index (χ4n) is 2.94. The lowest BCUT2D eigenvalue weighted by molar-refractivity contribution is 0.419. The van der Waals surface area contributed by atoms with E-state index in [1.807, 2.05) is 5.51 Å². The van der Waals surface area contributed by atoms with E-state index in [2.05, 4.69) is 48.4 Å². The second kappa shape index (κ2) is 6.71. The lowest BCUT2D eigenvalue weighted by Gasteiger charge is -2.26. The highest BCUT2D eigenvalue weighted by Gasteiger charge is 2.21. The number of aryl methyl sites for hydroxylation is 1. The maximum Gasteiger partial charge on any atom is 0.0798 e. The van der Waals surface area contributed by atoms with Crippen LogP contribution in [0.3, 0.4) is 0 Å². The van der Waals surface area contributed by atoms with E-state index in [0.29, 0.717) is 0 Å². The third-order valence-corrected chi connectivity index (χ3v) is 5.49. The van der Waals surface area contributed by atoms with Gasteiger partial charge in [-0.15, -0.1) is 11.3 Å². The molecule has 1 aromatic heterocycles. The Kier molecular flexibility index (Phi) is 4.71. The summed E-state index contributed by atoms with van der Waals surface area (Å²) < 4.78 is 0. The molecule has 0 radical (unpaired) electrons. The molecule has 2 nitrogen and oxygen atoms in total. The van der Waals surface area contributed by atoms with Crippen LogP contribution in [0.4, 0.5) is 0 Å². The van der Waals surface area contributed by atoms with Gasteiger partial charge in [0, 0.05) is 4.88 Å². The molecule has 1 fully saturated rings. The van der Waals surface area contributed by atoms with Crippen LogP contribution in [0.15, 0.2) is 29.8 Å². The number of nitrogens with zero attached hydrogens (tertiary/aromatic N) is 1. The van der Waals surface area contributed by atoms with Crippen LogP contribution in [-0.4, -0.2) is 11.5 Å². The van der Waals surface area contributed by atoms with E-state index in [-0.39, 0.29) is 6.04 Å². The molecule has 1 aliphatic rings. The van der Waals surface area contributed by atoms with E-state index >= 15 is 0 Å². The Morgan fingerprint density at radius 2 is 2.05 bits per heavy atom. The molecule has 0 amide bonds. The van der Waals surface area contributed by atoms with Gasteiger partial charge in [0.15, 0.2) is 0 Å². The van der Waals surface area contributed by atoms with E-state index in [0.717, 1.165) is 24.6 Å². The molecule has 1 aliphatic carbocycles. The van der Waals surface area contributed by atoms with Crippen LogP contribution >= 0.6 is 11.3 Å². The Balaban J connectivity index is 1.83. The second-order valence-corrected chi connectivity index (χ2v) is 6.87. The molecule has 1 saturated carbocycles. The summed E-state index contributed by atoms with van der Waals surface area (Å²) >= 11 is 1.76. The third-order valence-electron chi connectivity index (χ3n) is 4.49. The first-order chi connectivity index (χ1) is 10.3. The topological polar surface area (TPSA) is 24.9 Å². The van der Waals surface area contributed by atoms with E-state index in [4.69, 9.17) is 0 Å². The van der Waals surface area contributed by atoms with Crippen LogP contribution in [0.25, 0.3) is 0 Å². The van der Waals surface area contributed by atoms with Crippen molar-refractivity contribution >= 4 is 11.3 Å². The van der Waals surface area contributed by atoms with E-state index in [1.54, 1.807) is 11.3 Å². The molecule has 0 saturated heterocycles. The van der Waals surface area contributed by atoms with Gasteiger partial charge in [0.05, 0.1) is 17.2 Å². The maximum atomic E-state index is 4.42. The minimum Gasteiger partial charge on any atom is -0.306 e. The third kappa shape index (κ3) is 3.19. The summed E-state index contributed by atoms with van der Waals surface area (Å²) in [6.07, 6.45) is 5.28. The van der Waals surface area contributed by atoms with Gasteiger partial charge in [0.1, 0.15) is 0 Å². The molecule has 2 aromatic rings. The van der Waals surface area contributed by atoms with Crippen molar-refractivity contribution in [1.82, 2.24) is 10.3 Å².